The van der Waals surface area contributed by atoms with E-state index in [1.807, 2.05) is 0 Å². The summed E-state index contributed by atoms with van der Waals surface area (Å²) >= 11 is 0. The highest BCUT2D eigenvalue weighted by Gasteiger charge is 2.32. The van der Waals surface area contributed by atoms with Gasteiger partial charge in [0.05, 0.1) is 18.9 Å². The summed E-state index contributed by atoms with van der Waals surface area (Å²) in [5.41, 5.74) is 15.5. The van der Waals surface area contributed by atoms with Gasteiger partial charge in [0.1, 0.15) is 18.1 Å². The third kappa shape index (κ3) is 11.4. The lowest BCUT2D eigenvalue weighted by atomic mass is 10.0. The molecule has 33 heavy (non-hydrogen) atoms. The molecule has 11 N–H and O–H groups in total. The Morgan fingerprint density at radius 2 is 1.27 bits per heavy atom. The van der Waals surface area contributed by atoms with Crippen molar-refractivity contribution in [3.63, 3.8) is 0 Å². The number of rotatable bonds is 15. The van der Waals surface area contributed by atoms with Gasteiger partial charge in [0.15, 0.2) is 0 Å². The second-order valence-electron chi connectivity index (χ2n) is 7.57. The smallest absolute Gasteiger partial charge is 0.326 e. The van der Waals surface area contributed by atoms with Gasteiger partial charge in [-0.3, -0.25) is 28.8 Å². The van der Waals surface area contributed by atoms with Gasteiger partial charge >= 0.3 is 11.9 Å². The maximum atomic E-state index is 12.7. The first kappa shape index (κ1) is 29.2. The maximum absolute atomic E-state index is 12.7. The molecule has 4 atom stereocenters. The summed E-state index contributed by atoms with van der Waals surface area (Å²) < 4.78 is 0. The van der Waals surface area contributed by atoms with E-state index in [4.69, 9.17) is 27.4 Å². The standard InChI is InChI=1S/C18H30N6O9/c1-7(2)14(17(31)23-10(18(32)33)6-12(21)26)24-16(30)9(3-4-13(27)28)22-15(29)8(19)5-11(20)25/h7-10,14H,3-6,19H2,1-2H3,(H2,20,25)(H2,21,26)(H,22,29)(H,23,31)(H,24,30)(H,27,28)(H,32,33)/t8-,9-,10-,14-/m0/s1. The second kappa shape index (κ2) is 13.6. The van der Waals surface area contributed by atoms with Gasteiger partial charge in [-0.1, -0.05) is 13.8 Å². The molecule has 0 aliphatic heterocycles. The van der Waals surface area contributed by atoms with Crippen LogP contribution in [0.1, 0.15) is 39.5 Å². The number of carboxylic acid groups (broad SMARTS) is 2. The van der Waals surface area contributed by atoms with Crippen molar-refractivity contribution in [2.24, 2.45) is 23.1 Å². The first-order valence-electron chi connectivity index (χ1n) is 9.83. The number of nitrogens with two attached hydrogens (primary N) is 3. The molecule has 0 unspecified atom stereocenters. The predicted molar refractivity (Wildman–Crippen MR) is 111 cm³/mol. The first-order valence-corrected chi connectivity index (χ1v) is 9.83. The summed E-state index contributed by atoms with van der Waals surface area (Å²) in [5, 5.41) is 24.7. The summed E-state index contributed by atoms with van der Waals surface area (Å²) in [5.74, 6) is -8.06. The van der Waals surface area contributed by atoms with Gasteiger partial charge in [-0.15, -0.1) is 0 Å². The van der Waals surface area contributed by atoms with Crippen LogP contribution in [0, 0.1) is 5.92 Å². The lowest BCUT2D eigenvalue weighted by molar-refractivity contribution is -0.144. The molecule has 186 valence electrons. The van der Waals surface area contributed by atoms with Crippen molar-refractivity contribution in [2.75, 3.05) is 0 Å². The number of nitrogens with one attached hydrogen (secondary N) is 3. The van der Waals surface area contributed by atoms with Crippen molar-refractivity contribution in [3.8, 4) is 0 Å². The summed E-state index contributed by atoms with van der Waals surface area (Å²) in [7, 11) is 0. The summed E-state index contributed by atoms with van der Waals surface area (Å²) in [4.78, 5) is 81.6. The van der Waals surface area contributed by atoms with Crippen LogP contribution in [0.5, 0.6) is 0 Å². The molecule has 0 saturated carbocycles. The monoisotopic (exact) mass is 474 g/mol. The topological polar surface area (TPSA) is 274 Å². The lowest BCUT2D eigenvalue weighted by Crippen LogP contribution is -2.58. The molecule has 0 rings (SSSR count). The molecular formula is C18H30N6O9. The molecule has 0 aromatic heterocycles. The van der Waals surface area contributed by atoms with Gasteiger partial charge in [0.2, 0.25) is 29.5 Å². The van der Waals surface area contributed by atoms with Crippen LogP contribution in [0.25, 0.3) is 0 Å². The van der Waals surface area contributed by atoms with Gasteiger partial charge in [-0.25, -0.2) is 4.79 Å². The third-order valence-corrected chi connectivity index (χ3v) is 4.30. The average molecular weight is 474 g/mol. The first-order chi connectivity index (χ1) is 15.1. The van der Waals surface area contributed by atoms with Gasteiger partial charge in [0.25, 0.3) is 0 Å². The predicted octanol–water partition coefficient (Wildman–Crippen LogP) is -3.88. The van der Waals surface area contributed by atoms with E-state index in [0.29, 0.717) is 0 Å². The Morgan fingerprint density at radius 1 is 0.758 bits per heavy atom. The van der Waals surface area contributed by atoms with E-state index >= 15 is 0 Å². The average Bonchev–Trinajstić information content (AvgIpc) is 2.66. The Morgan fingerprint density at radius 3 is 1.70 bits per heavy atom. The Labute approximate surface area is 188 Å². The minimum Gasteiger partial charge on any atom is -0.481 e. The quantitative estimate of drug-likeness (QED) is 0.114. The Bertz CT molecular complexity index is 785. The van der Waals surface area contributed by atoms with Crippen LogP contribution in [0.15, 0.2) is 0 Å². The zero-order chi connectivity index (χ0) is 25.9. The van der Waals surface area contributed by atoms with E-state index in [2.05, 4.69) is 16.0 Å². The van der Waals surface area contributed by atoms with Crippen LogP contribution in [0.2, 0.25) is 0 Å². The van der Waals surface area contributed by atoms with Gasteiger partial charge in [-0.05, 0) is 12.3 Å². The largest absolute Gasteiger partial charge is 0.481 e. The summed E-state index contributed by atoms with van der Waals surface area (Å²) in [6.07, 6.45) is -2.11. The maximum Gasteiger partial charge on any atom is 0.326 e. The minimum absolute atomic E-state index is 0.373. The number of hydrogen-bond acceptors (Lipinski definition) is 8. The molecule has 0 bridgehead atoms. The zero-order valence-corrected chi connectivity index (χ0v) is 18.2. The van der Waals surface area contributed by atoms with Crippen LogP contribution in [-0.4, -0.2) is 75.9 Å². The SMILES string of the molecule is CC(C)[C@H](NC(=O)[C@H](CCC(=O)O)NC(=O)[C@@H](N)CC(N)=O)C(=O)N[C@@H](CC(N)=O)C(=O)O. The number of hydrogen-bond donors (Lipinski definition) is 8. The molecule has 15 nitrogen and oxygen atoms in total. The Balaban J connectivity index is 5.52. The van der Waals surface area contributed by atoms with Crippen LogP contribution in [-0.2, 0) is 33.6 Å². The van der Waals surface area contributed by atoms with Crippen molar-refractivity contribution >= 4 is 41.5 Å². The number of primary amides is 2. The van der Waals surface area contributed by atoms with Crippen LogP contribution < -0.4 is 33.2 Å². The molecule has 0 radical (unpaired) electrons. The fourth-order valence-corrected chi connectivity index (χ4v) is 2.58. The van der Waals surface area contributed by atoms with Crippen LogP contribution in [0.3, 0.4) is 0 Å². The van der Waals surface area contributed by atoms with E-state index in [-0.39, 0.29) is 6.42 Å². The molecule has 0 aromatic carbocycles. The van der Waals surface area contributed by atoms with Crippen LogP contribution in [0.4, 0.5) is 0 Å². The molecule has 0 saturated heterocycles. The van der Waals surface area contributed by atoms with Crippen molar-refractivity contribution in [3.05, 3.63) is 0 Å². The Hall–Kier alpha value is -3.75. The highest BCUT2D eigenvalue weighted by Crippen LogP contribution is 2.07. The third-order valence-electron chi connectivity index (χ3n) is 4.30. The fraction of sp³-hybridized carbons (Fsp3) is 0.611. The number of amides is 5. The minimum atomic E-state index is -1.64. The molecule has 0 aliphatic rings. The molecule has 5 amide bonds. The van der Waals surface area contributed by atoms with Crippen molar-refractivity contribution in [1.29, 1.82) is 0 Å². The van der Waals surface area contributed by atoms with E-state index in [9.17, 15) is 33.6 Å². The van der Waals surface area contributed by atoms with Crippen LogP contribution >= 0.6 is 0 Å². The van der Waals surface area contributed by atoms with Gasteiger partial charge in [-0.2, -0.15) is 0 Å². The number of carbonyl (C=O) groups is 7. The van der Waals surface area contributed by atoms with Crippen molar-refractivity contribution in [1.82, 2.24) is 16.0 Å². The number of carboxylic acids is 2. The second-order valence-corrected chi connectivity index (χ2v) is 7.57. The lowest BCUT2D eigenvalue weighted by Gasteiger charge is -2.26. The molecule has 0 fully saturated rings. The van der Waals surface area contributed by atoms with Crippen molar-refractivity contribution < 1.29 is 43.8 Å². The Kier molecular flexibility index (Phi) is 12.1. The normalized spacial score (nSPS) is 14.3. The van der Waals surface area contributed by atoms with E-state index in [1.54, 1.807) is 0 Å². The van der Waals surface area contributed by atoms with Gasteiger partial charge < -0.3 is 43.4 Å². The number of aliphatic carboxylic acids is 2. The molecule has 0 heterocycles. The van der Waals surface area contributed by atoms with E-state index < -0.39 is 90.8 Å². The summed E-state index contributed by atoms with van der Waals surface area (Å²) in [6.45, 7) is 3.06. The fourth-order valence-electron chi connectivity index (χ4n) is 2.58. The molecule has 15 heteroatoms. The molecule has 0 aromatic rings. The molecule has 0 spiro atoms. The van der Waals surface area contributed by atoms with E-state index in [0.717, 1.165) is 0 Å². The highest BCUT2D eigenvalue weighted by atomic mass is 16.4. The molecule has 0 aliphatic carbocycles. The highest BCUT2D eigenvalue weighted by molar-refractivity contribution is 5.95. The van der Waals surface area contributed by atoms with Crippen molar-refractivity contribution in [2.45, 2.75) is 63.7 Å². The molecular weight excluding hydrogens is 444 g/mol. The summed E-state index contributed by atoms with van der Waals surface area (Å²) in [6, 6.07) is -5.78. The van der Waals surface area contributed by atoms with Gasteiger partial charge in [0, 0.05) is 6.42 Å². The zero-order valence-electron chi connectivity index (χ0n) is 18.2. The number of carbonyl (C=O) groups excluding carboxylic acids is 5. The van der Waals surface area contributed by atoms with E-state index in [1.165, 1.54) is 13.8 Å².